The number of imidazole rings is 1. The molecule has 0 atom stereocenters. The third kappa shape index (κ3) is 4.72. The Labute approximate surface area is 162 Å². The summed E-state index contributed by atoms with van der Waals surface area (Å²) in [4.78, 5) is 19.8. The molecule has 0 saturated carbocycles. The molecule has 3 aromatic rings. The minimum atomic E-state index is -3.69. The van der Waals surface area contributed by atoms with Gasteiger partial charge in [-0.05, 0) is 36.4 Å². The highest BCUT2D eigenvalue weighted by atomic mass is 32.2. The van der Waals surface area contributed by atoms with Crippen LogP contribution in [0.2, 0.25) is 0 Å². The molecule has 1 amide bonds. The van der Waals surface area contributed by atoms with Gasteiger partial charge in [-0.1, -0.05) is 6.07 Å². The van der Waals surface area contributed by atoms with Crippen molar-refractivity contribution >= 4 is 21.8 Å². The quantitative estimate of drug-likeness (QED) is 0.626. The molecule has 0 aliphatic carbocycles. The third-order valence-electron chi connectivity index (χ3n) is 3.85. The lowest BCUT2D eigenvalue weighted by molar-refractivity contribution is 0.187. The Kier molecular flexibility index (Phi) is 6.02. The normalized spacial score (nSPS) is 11.2. The van der Waals surface area contributed by atoms with Crippen LogP contribution in [-0.2, 0) is 21.3 Å². The van der Waals surface area contributed by atoms with Gasteiger partial charge in [0.2, 0.25) is 10.0 Å². The second-order valence-electron chi connectivity index (χ2n) is 5.70. The number of nitrogens with zero attached hydrogens (tertiary/aromatic N) is 3. The molecular formula is C18H19N5O4S. The van der Waals surface area contributed by atoms with Gasteiger partial charge in [-0.2, -0.15) is 0 Å². The summed E-state index contributed by atoms with van der Waals surface area (Å²) in [5.74, 6) is 0.665. The van der Waals surface area contributed by atoms with Gasteiger partial charge < -0.3 is 9.30 Å². The molecule has 0 fully saturated rings. The molecule has 0 radical (unpaired) electrons. The number of hydrogen-bond acceptors (Lipinski definition) is 6. The van der Waals surface area contributed by atoms with Crippen LogP contribution in [0.15, 0.2) is 66.0 Å². The summed E-state index contributed by atoms with van der Waals surface area (Å²) in [6, 6.07) is 11.3. The van der Waals surface area contributed by atoms with Gasteiger partial charge in [-0.15, -0.1) is 0 Å². The average molecular weight is 401 g/mol. The van der Waals surface area contributed by atoms with Crippen molar-refractivity contribution in [2.45, 2.75) is 11.4 Å². The van der Waals surface area contributed by atoms with E-state index in [-0.39, 0.29) is 11.4 Å². The fraction of sp³-hybridized carbons (Fsp3) is 0.167. The van der Waals surface area contributed by atoms with Gasteiger partial charge in [0.05, 0.1) is 12.0 Å². The van der Waals surface area contributed by atoms with Crippen molar-refractivity contribution in [1.29, 1.82) is 0 Å². The van der Waals surface area contributed by atoms with Gasteiger partial charge in [0.1, 0.15) is 5.69 Å². The van der Waals surface area contributed by atoms with E-state index in [0.717, 1.165) is 0 Å². The molecule has 0 bridgehead atoms. The molecule has 0 aliphatic rings. The summed E-state index contributed by atoms with van der Waals surface area (Å²) < 4.78 is 33.8. The van der Waals surface area contributed by atoms with Gasteiger partial charge in [-0.3, -0.25) is 10.3 Å². The van der Waals surface area contributed by atoms with Crippen LogP contribution >= 0.6 is 0 Å². The summed E-state index contributed by atoms with van der Waals surface area (Å²) in [5, 5.41) is 2.46. The SMILES string of the molecule is COC(=O)Nc1ccc(S(=O)(=O)NCCn2ccnc2-c2ccccn2)cc1. The van der Waals surface area contributed by atoms with Crippen molar-refractivity contribution in [1.82, 2.24) is 19.3 Å². The second-order valence-corrected chi connectivity index (χ2v) is 7.46. The summed E-state index contributed by atoms with van der Waals surface area (Å²) in [6.45, 7) is 0.577. The Balaban J connectivity index is 1.62. The van der Waals surface area contributed by atoms with Gasteiger partial charge >= 0.3 is 6.09 Å². The largest absolute Gasteiger partial charge is 0.453 e. The highest BCUT2D eigenvalue weighted by Gasteiger charge is 2.14. The third-order valence-corrected chi connectivity index (χ3v) is 5.33. The van der Waals surface area contributed by atoms with Gasteiger partial charge in [0.25, 0.3) is 0 Å². The molecule has 146 valence electrons. The van der Waals surface area contributed by atoms with E-state index >= 15 is 0 Å². The van der Waals surface area contributed by atoms with Gasteiger partial charge in [0.15, 0.2) is 5.82 Å². The number of benzene rings is 1. The zero-order valence-corrected chi connectivity index (χ0v) is 15.9. The van der Waals surface area contributed by atoms with E-state index in [1.165, 1.54) is 31.4 Å². The van der Waals surface area contributed by atoms with Gasteiger partial charge in [0, 0.05) is 37.4 Å². The van der Waals surface area contributed by atoms with E-state index in [4.69, 9.17) is 0 Å². The van der Waals surface area contributed by atoms with Crippen LogP contribution in [0.4, 0.5) is 10.5 Å². The lowest BCUT2D eigenvalue weighted by Crippen LogP contribution is -2.27. The number of pyridine rings is 1. The van der Waals surface area contributed by atoms with E-state index in [1.54, 1.807) is 18.6 Å². The highest BCUT2D eigenvalue weighted by Crippen LogP contribution is 2.15. The number of carbonyl (C=O) groups excluding carboxylic acids is 1. The van der Waals surface area contributed by atoms with E-state index < -0.39 is 16.1 Å². The Morgan fingerprint density at radius 2 is 1.89 bits per heavy atom. The second kappa shape index (κ2) is 8.63. The molecule has 1 aromatic carbocycles. The zero-order valence-electron chi connectivity index (χ0n) is 15.1. The lowest BCUT2D eigenvalue weighted by atomic mass is 10.3. The number of carbonyl (C=O) groups is 1. The van der Waals surface area contributed by atoms with E-state index in [0.29, 0.717) is 23.8 Å². The van der Waals surface area contributed by atoms with Crippen LogP contribution in [-0.4, -0.2) is 42.7 Å². The summed E-state index contributed by atoms with van der Waals surface area (Å²) >= 11 is 0. The molecule has 2 N–H and O–H groups in total. The summed E-state index contributed by atoms with van der Waals surface area (Å²) in [6.07, 6.45) is 4.46. The molecule has 0 unspecified atom stereocenters. The monoisotopic (exact) mass is 401 g/mol. The fourth-order valence-corrected chi connectivity index (χ4v) is 3.51. The van der Waals surface area contributed by atoms with E-state index in [9.17, 15) is 13.2 Å². The fourth-order valence-electron chi connectivity index (χ4n) is 2.49. The summed E-state index contributed by atoms with van der Waals surface area (Å²) in [7, 11) is -2.44. The van der Waals surface area contributed by atoms with Crippen LogP contribution < -0.4 is 10.0 Å². The standard InChI is InChI=1S/C18H19N5O4S/c1-27-18(24)22-14-5-7-15(8-6-14)28(25,26)21-11-13-23-12-10-20-17(23)16-4-2-3-9-19-16/h2-10,12,21H,11,13H2,1H3,(H,22,24). The Bertz CT molecular complexity index is 1030. The summed E-state index contributed by atoms with van der Waals surface area (Å²) in [5.41, 5.74) is 1.15. The first-order valence-electron chi connectivity index (χ1n) is 8.37. The zero-order chi connectivity index (χ0) is 20.0. The Morgan fingerprint density at radius 3 is 2.57 bits per heavy atom. The average Bonchev–Trinajstić information content (AvgIpc) is 3.17. The number of methoxy groups -OCH3 is 1. The maximum Gasteiger partial charge on any atom is 0.411 e. The van der Waals surface area contributed by atoms with Crippen LogP contribution in [0.3, 0.4) is 0 Å². The molecule has 0 aliphatic heterocycles. The maximum absolute atomic E-state index is 12.4. The molecule has 3 rings (SSSR count). The topological polar surface area (TPSA) is 115 Å². The first kappa shape index (κ1) is 19.5. The van der Waals surface area contributed by atoms with E-state index in [2.05, 4.69) is 24.7 Å². The molecule has 10 heteroatoms. The number of amides is 1. The van der Waals surface area contributed by atoms with Crippen LogP contribution in [0, 0.1) is 0 Å². The van der Waals surface area contributed by atoms with Crippen molar-refractivity contribution in [3.63, 3.8) is 0 Å². The molecule has 28 heavy (non-hydrogen) atoms. The number of aromatic nitrogens is 3. The molecular weight excluding hydrogens is 382 g/mol. The first-order valence-corrected chi connectivity index (χ1v) is 9.85. The number of rotatable bonds is 7. The number of nitrogens with one attached hydrogen (secondary N) is 2. The smallest absolute Gasteiger partial charge is 0.411 e. The molecule has 0 spiro atoms. The van der Waals surface area contributed by atoms with Crippen molar-refractivity contribution in [3.05, 3.63) is 61.1 Å². The van der Waals surface area contributed by atoms with Crippen LogP contribution in [0.1, 0.15) is 0 Å². The van der Waals surface area contributed by atoms with Crippen LogP contribution in [0.25, 0.3) is 11.5 Å². The molecule has 2 heterocycles. The molecule has 0 saturated heterocycles. The Hall–Kier alpha value is -3.24. The first-order chi connectivity index (χ1) is 13.5. The Morgan fingerprint density at radius 1 is 1.11 bits per heavy atom. The van der Waals surface area contributed by atoms with Crippen molar-refractivity contribution in [3.8, 4) is 11.5 Å². The minimum absolute atomic E-state index is 0.0958. The number of anilines is 1. The predicted molar refractivity (Wildman–Crippen MR) is 103 cm³/mol. The predicted octanol–water partition coefficient (Wildman–Crippen LogP) is 2.10. The number of hydrogen-bond donors (Lipinski definition) is 2. The molecule has 2 aromatic heterocycles. The molecule has 9 nitrogen and oxygen atoms in total. The highest BCUT2D eigenvalue weighted by molar-refractivity contribution is 7.89. The maximum atomic E-state index is 12.4. The van der Waals surface area contributed by atoms with Crippen molar-refractivity contribution < 1.29 is 17.9 Å². The lowest BCUT2D eigenvalue weighted by Gasteiger charge is -2.10. The van der Waals surface area contributed by atoms with E-state index in [1.807, 2.05) is 22.8 Å². The minimum Gasteiger partial charge on any atom is -0.453 e. The number of ether oxygens (including phenoxy) is 1. The van der Waals surface area contributed by atoms with Crippen LogP contribution in [0.5, 0.6) is 0 Å². The number of sulfonamides is 1. The van der Waals surface area contributed by atoms with Gasteiger partial charge in [-0.25, -0.2) is 22.9 Å². The van der Waals surface area contributed by atoms with Crippen molar-refractivity contribution in [2.75, 3.05) is 19.0 Å². The van der Waals surface area contributed by atoms with Crippen molar-refractivity contribution in [2.24, 2.45) is 0 Å².